The van der Waals surface area contributed by atoms with Crippen LogP contribution in [0.2, 0.25) is 0 Å². The first kappa shape index (κ1) is 19.8. The van der Waals surface area contributed by atoms with Crippen molar-refractivity contribution < 1.29 is 19.7 Å². The molecule has 28 heavy (non-hydrogen) atoms. The zero-order chi connectivity index (χ0) is 20.3. The van der Waals surface area contributed by atoms with Gasteiger partial charge in [0.1, 0.15) is 11.4 Å². The SMILES string of the molecule is COc1nc(C)c(C(C)O)cc1NC(=O)N1CCN(c2cccc(O)c2)CC1. The zero-order valence-corrected chi connectivity index (χ0v) is 16.3. The van der Waals surface area contributed by atoms with Crippen molar-refractivity contribution in [3.05, 3.63) is 41.6 Å². The maximum Gasteiger partial charge on any atom is 0.322 e. The van der Waals surface area contributed by atoms with Crippen LogP contribution in [0.4, 0.5) is 16.2 Å². The number of amides is 2. The average molecular weight is 386 g/mol. The monoisotopic (exact) mass is 386 g/mol. The van der Waals surface area contributed by atoms with Crippen molar-refractivity contribution in [3.8, 4) is 11.6 Å². The lowest BCUT2D eigenvalue weighted by Crippen LogP contribution is -2.50. The van der Waals surface area contributed by atoms with Crippen LogP contribution < -0.4 is 15.0 Å². The molecular weight excluding hydrogens is 360 g/mol. The number of aromatic nitrogens is 1. The summed E-state index contributed by atoms with van der Waals surface area (Å²) in [6.45, 7) is 5.87. The smallest absolute Gasteiger partial charge is 0.322 e. The highest BCUT2D eigenvalue weighted by Crippen LogP contribution is 2.28. The van der Waals surface area contributed by atoms with Gasteiger partial charge in [0, 0.05) is 49.2 Å². The standard InChI is InChI=1S/C20H26N4O4/c1-13-17(14(2)25)12-18(19(21-13)28-3)22-20(27)24-9-7-23(8-10-24)15-5-4-6-16(26)11-15/h4-6,11-12,14,25-26H,7-10H2,1-3H3,(H,22,27). The maximum absolute atomic E-state index is 12.7. The number of piperazine rings is 1. The third kappa shape index (κ3) is 4.28. The van der Waals surface area contributed by atoms with Gasteiger partial charge >= 0.3 is 6.03 Å². The van der Waals surface area contributed by atoms with Gasteiger partial charge in [-0.25, -0.2) is 9.78 Å². The number of ether oxygens (including phenoxy) is 1. The molecule has 0 bridgehead atoms. The lowest BCUT2D eigenvalue weighted by molar-refractivity contribution is 0.197. The first-order chi connectivity index (χ1) is 13.4. The molecule has 1 aromatic heterocycles. The van der Waals surface area contributed by atoms with Gasteiger partial charge in [0.2, 0.25) is 5.88 Å². The topological polar surface area (TPSA) is 98.2 Å². The van der Waals surface area contributed by atoms with Crippen molar-refractivity contribution in [2.45, 2.75) is 20.0 Å². The van der Waals surface area contributed by atoms with E-state index in [1.54, 1.807) is 43.0 Å². The van der Waals surface area contributed by atoms with E-state index in [9.17, 15) is 15.0 Å². The molecule has 0 radical (unpaired) electrons. The summed E-state index contributed by atoms with van der Waals surface area (Å²) in [4.78, 5) is 20.9. The molecular formula is C20H26N4O4. The fourth-order valence-corrected chi connectivity index (χ4v) is 3.32. The molecule has 0 saturated carbocycles. The number of rotatable bonds is 4. The molecule has 1 atom stereocenters. The lowest BCUT2D eigenvalue weighted by Gasteiger charge is -2.36. The normalized spacial score (nSPS) is 15.3. The van der Waals surface area contributed by atoms with Gasteiger partial charge in [-0.2, -0.15) is 0 Å². The lowest BCUT2D eigenvalue weighted by atomic mass is 10.1. The summed E-state index contributed by atoms with van der Waals surface area (Å²) < 4.78 is 5.28. The van der Waals surface area contributed by atoms with Crippen molar-refractivity contribution in [2.24, 2.45) is 0 Å². The van der Waals surface area contributed by atoms with Gasteiger partial charge in [-0.05, 0) is 32.0 Å². The third-order valence-corrected chi connectivity index (χ3v) is 4.86. The molecule has 1 aliphatic rings. The van der Waals surface area contributed by atoms with Crippen molar-refractivity contribution in [1.82, 2.24) is 9.88 Å². The number of nitrogens with zero attached hydrogens (tertiary/aromatic N) is 3. The Bertz CT molecular complexity index is 848. The molecule has 1 saturated heterocycles. The Kier molecular flexibility index (Phi) is 5.89. The fraction of sp³-hybridized carbons (Fsp3) is 0.400. The van der Waals surface area contributed by atoms with Crippen LogP contribution in [0, 0.1) is 6.92 Å². The van der Waals surface area contributed by atoms with Crippen molar-refractivity contribution in [3.63, 3.8) is 0 Å². The summed E-state index contributed by atoms with van der Waals surface area (Å²) in [6, 6.07) is 8.56. The number of phenolic OH excluding ortho intramolecular Hbond substituents is 1. The van der Waals surface area contributed by atoms with Crippen molar-refractivity contribution >= 4 is 17.4 Å². The highest BCUT2D eigenvalue weighted by atomic mass is 16.5. The van der Waals surface area contributed by atoms with E-state index < -0.39 is 6.10 Å². The highest BCUT2D eigenvalue weighted by Gasteiger charge is 2.23. The van der Waals surface area contributed by atoms with E-state index in [1.807, 2.05) is 6.07 Å². The van der Waals surface area contributed by atoms with Crippen LogP contribution in [0.15, 0.2) is 30.3 Å². The summed E-state index contributed by atoms with van der Waals surface area (Å²) in [6.07, 6.45) is -0.695. The number of benzene rings is 1. The molecule has 1 aliphatic heterocycles. The van der Waals surface area contributed by atoms with Crippen LogP contribution in [0.25, 0.3) is 0 Å². The quantitative estimate of drug-likeness (QED) is 0.747. The van der Waals surface area contributed by atoms with Crippen LogP contribution in [-0.2, 0) is 0 Å². The Balaban J connectivity index is 1.67. The van der Waals surface area contributed by atoms with Crippen LogP contribution in [0.5, 0.6) is 11.6 Å². The Morgan fingerprint density at radius 3 is 2.57 bits per heavy atom. The summed E-state index contributed by atoms with van der Waals surface area (Å²) in [7, 11) is 1.49. The minimum atomic E-state index is -0.695. The van der Waals surface area contributed by atoms with Gasteiger partial charge in [0.15, 0.2) is 0 Å². The zero-order valence-electron chi connectivity index (χ0n) is 16.3. The molecule has 1 aromatic carbocycles. The van der Waals surface area contributed by atoms with Crippen LogP contribution in [0.1, 0.15) is 24.3 Å². The third-order valence-electron chi connectivity index (χ3n) is 4.86. The van der Waals surface area contributed by atoms with Gasteiger partial charge in [0.05, 0.1) is 13.2 Å². The number of phenols is 1. The first-order valence-electron chi connectivity index (χ1n) is 9.22. The van der Waals surface area contributed by atoms with Gasteiger partial charge < -0.3 is 30.1 Å². The number of anilines is 2. The van der Waals surface area contributed by atoms with E-state index >= 15 is 0 Å². The van der Waals surface area contributed by atoms with Gasteiger partial charge in [-0.3, -0.25) is 0 Å². The number of hydrogen-bond acceptors (Lipinski definition) is 6. The molecule has 8 heteroatoms. The Labute approximate surface area is 164 Å². The number of aryl methyl sites for hydroxylation is 1. The van der Waals surface area contributed by atoms with Crippen LogP contribution in [0.3, 0.4) is 0 Å². The molecule has 2 amide bonds. The molecule has 2 aromatic rings. The number of nitrogens with one attached hydrogen (secondary N) is 1. The number of aliphatic hydroxyl groups excluding tert-OH is 1. The molecule has 3 rings (SSSR count). The molecule has 1 fully saturated rings. The Hall–Kier alpha value is -3.00. The van der Waals surface area contributed by atoms with E-state index in [1.165, 1.54) is 7.11 Å². The van der Waals surface area contributed by atoms with Crippen molar-refractivity contribution in [1.29, 1.82) is 0 Å². The molecule has 2 heterocycles. The molecule has 0 aliphatic carbocycles. The summed E-state index contributed by atoms with van der Waals surface area (Å²) in [5.74, 6) is 0.541. The van der Waals surface area contributed by atoms with E-state index in [-0.39, 0.29) is 11.8 Å². The second-order valence-electron chi connectivity index (χ2n) is 6.82. The van der Waals surface area contributed by atoms with Gasteiger partial charge in [0.25, 0.3) is 0 Å². The maximum atomic E-state index is 12.7. The number of carbonyl (C=O) groups is 1. The van der Waals surface area contributed by atoms with E-state index in [2.05, 4.69) is 15.2 Å². The molecule has 3 N–H and O–H groups in total. The second kappa shape index (κ2) is 8.35. The number of hydrogen-bond donors (Lipinski definition) is 3. The van der Waals surface area contributed by atoms with E-state index in [4.69, 9.17) is 4.74 Å². The highest BCUT2D eigenvalue weighted by molar-refractivity contribution is 5.91. The minimum Gasteiger partial charge on any atom is -0.508 e. The minimum absolute atomic E-state index is 0.227. The van der Waals surface area contributed by atoms with Crippen LogP contribution >= 0.6 is 0 Å². The largest absolute Gasteiger partial charge is 0.508 e. The average Bonchev–Trinajstić information content (AvgIpc) is 2.68. The van der Waals surface area contributed by atoms with Crippen LogP contribution in [-0.4, -0.2) is 59.4 Å². The van der Waals surface area contributed by atoms with Gasteiger partial charge in [-0.15, -0.1) is 0 Å². The summed E-state index contributed by atoms with van der Waals surface area (Å²) in [5.41, 5.74) is 2.67. The number of pyridine rings is 1. The van der Waals surface area contributed by atoms with Gasteiger partial charge in [-0.1, -0.05) is 6.07 Å². The molecule has 1 unspecified atom stereocenters. The molecule has 150 valence electrons. The fourth-order valence-electron chi connectivity index (χ4n) is 3.32. The number of aliphatic hydroxyl groups is 1. The second-order valence-corrected chi connectivity index (χ2v) is 6.82. The predicted molar refractivity (Wildman–Crippen MR) is 107 cm³/mol. The van der Waals surface area contributed by atoms with Crippen molar-refractivity contribution in [2.75, 3.05) is 43.5 Å². The number of carbonyl (C=O) groups excluding carboxylic acids is 1. The predicted octanol–water partition coefficient (Wildman–Crippen LogP) is 2.51. The number of aromatic hydroxyl groups is 1. The van der Waals surface area contributed by atoms with E-state index in [0.717, 1.165) is 5.69 Å². The number of methoxy groups -OCH3 is 1. The summed E-state index contributed by atoms with van der Waals surface area (Å²) in [5, 5.41) is 22.4. The number of urea groups is 1. The molecule has 0 spiro atoms. The van der Waals surface area contributed by atoms with E-state index in [0.29, 0.717) is 49.0 Å². The Morgan fingerprint density at radius 1 is 1.25 bits per heavy atom. The molecule has 8 nitrogen and oxygen atoms in total. The summed E-state index contributed by atoms with van der Waals surface area (Å²) >= 11 is 0. The Morgan fingerprint density at radius 2 is 1.96 bits per heavy atom. The first-order valence-corrected chi connectivity index (χ1v) is 9.22.